The molecule has 0 aliphatic rings. The fourth-order valence-electron chi connectivity index (χ4n) is 1.18. The third-order valence-electron chi connectivity index (χ3n) is 1.89. The molecule has 0 fully saturated rings. The molecule has 2 aromatic rings. The van der Waals surface area contributed by atoms with Crippen LogP contribution in [0.2, 0.25) is 5.02 Å². The minimum Gasteiger partial charge on any atom is -0.381 e. The summed E-state index contributed by atoms with van der Waals surface area (Å²) in [6, 6.07) is 3.59. The molecule has 4 nitrogen and oxygen atoms in total. The summed E-state index contributed by atoms with van der Waals surface area (Å²) in [4.78, 5) is 4.16. The van der Waals surface area contributed by atoms with Crippen LogP contribution in [0.1, 0.15) is 5.69 Å². The van der Waals surface area contributed by atoms with Crippen LogP contribution in [0.3, 0.4) is 0 Å². The molecular formula is C9H8BrClN4. The maximum Gasteiger partial charge on any atom is 0.159 e. The number of halogens is 2. The lowest BCUT2D eigenvalue weighted by molar-refractivity contribution is 0.675. The van der Waals surface area contributed by atoms with Crippen LogP contribution in [0.15, 0.2) is 29.0 Å². The van der Waals surface area contributed by atoms with Crippen LogP contribution >= 0.6 is 27.5 Å². The predicted octanol–water partition coefficient (Wildman–Crippen LogP) is 2.32. The van der Waals surface area contributed by atoms with E-state index in [9.17, 15) is 0 Å². The van der Waals surface area contributed by atoms with Crippen molar-refractivity contribution in [3.05, 3.63) is 39.7 Å². The minimum absolute atomic E-state index is 0.460. The second-order valence-electron chi connectivity index (χ2n) is 2.99. The van der Waals surface area contributed by atoms with Gasteiger partial charge in [-0.1, -0.05) is 11.6 Å². The maximum absolute atomic E-state index is 5.97. The number of pyridine rings is 1. The normalized spacial score (nSPS) is 10.5. The van der Waals surface area contributed by atoms with Gasteiger partial charge in [-0.15, -0.1) is 0 Å². The summed E-state index contributed by atoms with van der Waals surface area (Å²) < 4.78 is 2.46. The summed E-state index contributed by atoms with van der Waals surface area (Å²) in [6.45, 7) is 0.509. The quantitative estimate of drug-likeness (QED) is 0.922. The number of nitrogens with two attached hydrogens (primary N) is 1. The van der Waals surface area contributed by atoms with E-state index in [-0.39, 0.29) is 0 Å². The topological polar surface area (TPSA) is 56.7 Å². The molecule has 0 aliphatic heterocycles. The molecule has 0 aliphatic carbocycles. The highest BCUT2D eigenvalue weighted by molar-refractivity contribution is 9.10. The average Bonchev–Trinajstić information content (AvgIpc) is 2.50. The Hall–Kier alpha value is -1.07. The first-order chi connectivity index (χ1) is 7.16. The van der Waals surface area contributed by atoms with E-state index in [4.69, 9.17) is 17.3 Å². The van der Waals surface area contributed by atoms with E-state index in [1.54, 1.807) is 29.2 Å². The van der Waals surface area contributed by atoms with Crippen LogP contribution in [-0.4, -0.2) is 14.8 Å². The summed E-state index contributed by atoms with van der Waals surface area (Å²) in [5.74, 6) is 0.460. The van der Waals surface area contributed by atoms with E-state index in [1.165, 1.54) is 0 Å². The van der Waals surface area contributed by atoms with Gasteiger partial charge in [-0.05, 0) is 28.1 Å². The van der Waals surface area contributed by atoms with Crippen molar-refractivity contribution >= 4 is 33.3 Å². The molecule has 0 unspecified atom stereocenters. The SMILES string of the molecule is Nc1nn(Cc2ncccc2Cl)cc1Br. The highest BCUT2D eigenvalue weighted by atomic mass is 79.9. The van der Waals surface area contributed by atoms with Gasteiger partial charge in [0.2, 0.25) is 0 Å². The Morgan fingerprint density at radius 3 is 2.93 bits per heavy atom. The molecule has 0 amide bonds. The lowest BCUT2D eigenvalue weighted by Gasteiger charge is -2.02. The summed E-state index contributed by atoms with van der Waals surface area (Å²) in [7, 11) is 0. The van der Waals surface area contributed by atoms with E-state index in [0.29, 0.717) is 17.4 Å². The molecule has 0 bridgehead atoms. The molecule has 0 atom stereocenters. The van der Waals surface area contributed by atoms with Crippen molar-refractivity contribution in [3.8, 4) is 0 Å². The zero-order valence-electron chi connectivity index (χ0n) is 7.69. The highest BCUT2D eigenvalue weighted by Crippen LogP contribution is 2.18. The Labute approximate surface area is 100 Å². The van der Waals surface area contributed by atoms with Gasteiger partial charge in [0.1, 0.15) is 0 Å². The molecule has 0 radical (unpaired) electrons. The predicted molar refractivity (Wildman–Crippen MR) is 62.7 cm³/mol. The van der Waals surface area contributed by atoms with Crippen LogP contribution < -0.4 is 5.73 Å². The average molecular weight is 288 g/mol. The lowest BCUT2D eigenvalue weighted by Crippen LogP contribution is -2.03. The molecule has 2 aromatic heterocycles. The fraction of sp³-hybridized carbons (Fsp3) is 0.111. The van der Waals surface area contributed by atoms with Crippen LogP contribution in [0.25, 0.3) is 0 Å². The zero-order valence-corrected chi connectivity index (χ0v) is 10.0. The van der Waals surface area contributed by atoms with Crippen molar-refractivity contribution < 1.29 is 0 Å². The fourth-order valence-corrected chi connectivity index (χ4v) is 1.68. The van der Waals surface area contributed by atoms with Crippen LogP contribution in [0, 0.1) is 0 Å². The zero-order chi connectivity index (χ0) is 10.8. The van der Waals surface area contributed by atoms with Crippen molar-refractivity contribution in [1.29, 1.82) is 0 Å². The first-order valence-electron chi connectivity index (χ1n) is 4.24. The van der Waals surface area contributed by atoms with Gasteiger partial charge in [0.15, 0.2) is 5.82 Å². The van der Waals surface area contributed by atoms with Gasteiger partial charge in [-0.2, -0.15) is 5.10 Å². The summed E-state index contributed by atoms with van der Waals surface area (Å²) >= 11 is 9.26. The van der Waals surface area contributed by atoms with E-state index >= 15 is 0 Å². The van der Waals surface area contributed by atoms with Crippen molar-refractivity contribution in [3.63, 3.8) is 0 Å². The molecule has 0 aromatic carbocycles. The number of hydrogen-bond acceptors (Lipinski definition) is 3. The molecule has 15 heavy (non-hydrogen) atoms. The number of aromatic nitrogens is 3. The molecule has 2 heterocycles. The molecular weight excluding hydrogens is 279 g/mol. The smallest absolute Gasteiger partial charge is 0.159 e. The minimum atomic E-state index is 0.460. The van der Waals surface area contributed by atoms with Crippen LogP contribution in [0.4, 0.5) is 5.82 Å². The number of rotatable bonds is 2. The van der Waals surface area contributed by atoms with E-state index < -0.39 is 0 Å². The number of nitrogen functional groups attached to an aromatic ring is 1. The standard InChI is InChI=1S/C9H8BrClN4/c10-6-4-15(14-9(6)12)5-8-7(11)2-1-3-13-8/h1-4H,5H2,(H2,12,14). The van der Waals surface area contributed by atoms with E-state index in [0.717, 1.165) is 10.2 Å². The lowest BCUT2D eigenvalue weighted by atomic mass is 10.3. The first-order valence-corrected chi connectivity index (χ1v) is 5.42. The Balaban J connectivity index is 2.26. The van der Waals surface area contributed by atoms with Gasteiger partial charge in [-0.3, -0.25) is 9.67 Å². The maximum atomic E-state index is 5.97. The third-order valence-corrected chi connectivity index (χ3v) is 2.84. The summed E-state index contributed by atoms with van der Waals surface area (Å²) in [5.41, 5.74) is 6.37. The Bertz CT molecular complexity index is 463. The first kappa shape index (κ1) is 10.4. The Morgan fingerprint density at radius 2 is 2.33 bits per heavy atom. The largest absolute Gasteiger partial charge is 0.381 e. The highest BCUT2D eigenvalue weighted by Gasteiger charge is 2.05. The molecule has 0 saturated carbocycles. The van der Waals surface area contributed by atoms with Gasteiger partial charge in [0.25, 0.3) is 0 Å². The van der Waals surface area contributed by atoms with Crippen LogP contribution in [0.5, 0.6) is 0 Å². The summed E-state index contributed by atoms with van der Waals surface area (Å²) in [6.07, 6.45) is 3.49. The molecule has 2 N–H and O–H groups in total. The van der Waals surface area contributed by atoms with Gasteiger partial charge in [-0.25, -0.2) is 0 Å². The second-order valence-corrected chi connectivity index (χ2v) is 4.25. The van der Waals surface area contributed by atoms with Crippen molar-refractivity contribution in [2.45, 2.75) is 6.54 Å². The summed E-state index contributed by atoms with van der Waals surface area (Å²) in [5, 5.41) is 4.72. The molecule has 6 heteroatoms. The third kappa shape index (κ3) is 2.30. The molecule has 78 valence electrons. The van der Waals surface area contributed by atoms with Crippen molar-refractivity contribution in [2.75, 3.05) is 5.73 Å². The van der Waals surface area contributed by atoms with E-state index in [2.05, 4.69) is 26.0 Å². The number of anilines is 1. The van der Waals surface area contributed by atoms with Gasteiger partial charge >= 0.3 is 0 Å². The van der Waals surface area contributed by atoms with Crippen LogP contribution in [-0.2, 0) is 6.54 Å². The van der Waals surface area contributed by atoms with E-state index in [1.807, 2.05) is 0 Å². The molecule has 0 saturated heterocycles. The molecule has 2 rings (SSSR count). The number of hydrogen-bond donors (Lipinski definition) is 1. The number of nitrogens with zero attached hydrogens (tertiary/aromatic N) is 3. The Morgan fingerprint density at radius 1 is 1.53 bits per heavy atom. The molecule has 0 spiro atoms. The second kappa shape index (κ2) is 4.20. The van der Waals surface area contributed by atoms with Gasteiger partial charge in [0.05, 0.1) is 21.7 Å². The monoisotopic (exact) mass is 286 g/mol. The van der Waals surface area contributed by atoms with Gasteiger partial charge in [0, 0.05) is 12.4 Å². The van der Waals surface area contributed by atoms with Crippen molar-refractivity contribution in [1.82, 2.24) is 14.8 Å². The van der Waals surface area contributed by atoms with Crippen molar-refractivity contribution in [2.24, 2.45) is 0 Å². The Kier molecular flexibility index (Phi) is 2.93. The van der Waals surface area contributed by atoms with Gasteiger partial charge < -0.3 is 5.73 Å².